The first-order valence-electron chi connectivity index (χ1n) is 8.12. The van der Waals surface area contributed by atoms with Crippen molar-refractivity contribution in [1.82, 2.24) is 0 Å². The molecule has 0 aliphatic heterocycles. The van der Waals surface area contributed by atoms with Gasteiger partial charge >= 0.3 is 0 Å². The Labute approximate surface area is 139 Å². The molecule has 2 rings (SSSR count). The van der Waals surface area contributed by atoms with Crippen molar-refractivity contribution in [3.8, 4) is 5.75 Å². The summed E-state index contributed by atoms with van der Waals surface area (Å²) in [5, 5.41) is 0. The smallest absolute Gasteiger partial charge is 0.127 e. The van der Waals surface area contributed by atoms with Crippen LogP contribution in [0.2, 0.25) is 0 Å². The van der Waals surface area contributed by atoms with Crippen LogP contribution in [0.4, 0.5) is 0 Å². The standard InChI is InChI=1S/C21H25NO/c1-17(2)9-8-14-23-21-13-7-12-20(15-21)18(3)22-16-19-10-5-4-6-11-19/h4-8,10-15,17H,9,16H2,1-3H3/b14-8-,22-18?. The first kappa shape index (κ1) is 17.0. The molecule has 0 aliphatic carbocycles. The van der Waals surface area contributed by atoms with E-state index in [4.69, 9.17) is 4.74 Å². The molecule has 120 valence electrons. The molecule has 0 spiro atoms. The second kappa shape index (κ2) is 8.94. The minimum Gasteiger partial charge on any atom is -0.465 e. The molecule has 2 nitrogen and oxygen atoms in total. The van der Waals surface area contributed by atoms with Crippen molar-refractivity contribution >= 4 is 5.71 Å². The highest BCUT2D eigenvalue weighted by Crippen LogP contribution is 2.15. The van der Waals surface area contributed by atoms with Gasteiger partial charge in [-0.2, -0.15) is 0 Å². The second-order valence-electron chi connectivity index (χ2n) is 6.03. The van der Waals surface area contributed by atoms with Crippen LogP contribution >= 0.6 is 0 Å². The van der Waals surface area contributed by atoms with Gasteiger partial charge in [0.1, 0.15) is 5.75 Å². The van der Waals surface area contributed by atoms with E-state index in [2.05, 4.69) is 43.1 Å². The van der Waals surface area contributed by atoms with E-state index < -0.39 is 0 Å². The van der Waals surface area contributed by atoms with Crippen LogP contribution in [-0.4, -0.2) is 5.71 Å². The molecule has 2 aromatic carbocycles. The highest BCUT2D eigenvalue weighted by Gasteiger charge is 2.00. The molecule has 2 heteroatoms. The molecule has 0 N–H and O–H groups in total. The van der Waals surface area contributed by atoms with Gasteiger partial charge in [0.25, 0.3) is 0 Å². The number of hydrogen-bond acceptors (Lipinski definition) is 2. The van der Waals surface area contributed by atoms with Gasteiger partial charge in [0.2, 0.25) is 0 Å². The molecule has 0 aliphatic rings. The van der Waals surface area contributed by atoms with Crippen LogP contribution in [0.5, 0.6) is 5.75 Å². The first-order valence-corrected chi connectivity index (χ1v) is 8.12. The summed E-state index contributed by atoms with van der Waals surface area (Å²) < 4.78 is 5.67. The second-order valence-corrected chi connectivity index (χ2v) is 6.03. The van der Waals surface area contributed by atoms with E-state index in [1.54, 1.807) is 6.26 Å². The maximum Gasteiger partial charge on any atom is 0.127 e. The van der Waals surface area contributed by atoms with E-state index >= 15 is 0 Å². The van der Waals surface area contributed by atoms with Crippen molar-refractivity contribution in [2.45, 2.75) is 33.7 Å². The van der Waals surface area contributed by atoms with Gasteiger partial charge in [0.05, 0.1) is 12.8 Å². The topological polar surface area (TPSA) is 21.6 Å². The molecule has 0 atom stereocenters. The van der Waals surface area contributed by atoms with Crippen LogP contribution in [0.15, 0.2) is 71.9 Å². The predicted molar refractivity (Wildman–Crippen MR) is 98.0 cm³/mol. The van der Waals surface area contributed by atoms with E-state index in [1.165, 1.54) is 5.56 Å². The molecule has 0 fully saturated rings. The van der Waals surface area contributed by atoms with E-state index in [9.17, 15) is 0 Å². The van der Waals surface area contributed by atoms with Gasteiger partial charge in [0, 0.05) is 5.71 Å². The van der Waals surface area contributed by atoms with Crippen LogP contribution < -0.4 is 4.74 Å². The third-order valence-corrected chi connectivity index (χ3v) is 3.50. The molecule has 0 amide bonds. The average Bonchev–Trinajstić information content (AvgIpc) is 2.57. The molecule has 0 saturated heterocycles. The monoisotopic (exact) mass is 307 g/mol. The van der Waals surface area contributed by atoms with E-state index in [1.807, 2.05) is 43.3 Å². The van der Waals surface area contributed by atoms with Crippen LogP contribution in [0.25, 0.3) is 0 Å². The summed E-state index contributed by atoms with van der Waals surface area (Å²) in [5.74, 6) is 1.49. The lowest BCUT2D eigenvalue weighted by Crippen LogP contribution is -1.96. The van der Waals surface area contributed by atoms with Gasteiger partial charge < -0.3 is 4.74 Å². The number of ether oxygens (including phenoxy) is 1. The Morgan fingerprint density at radius 3 is 2.61 bits per heavy atom. The van der Waals surface area contributed by atoms with Gasteiger partial charge in [-0.25, -0.2) is 0 Å². The Balaban J connectivity index is 1.99. The number of nitrogens with zero attached hydrogens (tertiary/aromatic N) is 1. The molecule has 0 unspecified atom stereocenters. The fraction of sp³-hybridized carbons (Fsp3) is 0.286. The zero-order valence-electron chi connectivity index (χ0n) is 14.2. The third-order valence-electron chi connectivity index (χ3n) is 3.50. The van der Waals surface area contributed by atoms with Crippen molar-refractivity contribution < 1.29 is 4.74 Å². The molecule has 2 aromatic rings. The van der Waals surface area contributed by atoms with E-state index in [0.29, 0.717) is 12.5 Å². The van der Waals surface area contributed by atoms with Crippen LogP contribution in [0.3, 0.4) is 0 Å². The first-order chi connectivity index (χ1) is 11.1. The molecule has 0 bridgehead atoms. The Morgan fingerprint density at radius 2 is 1.87 bits per heavy atom. The minimum atomic E-state index is 0.647. The quantitative estimate of drug-likeness (QED) is 0.479. The van der Waals surface area contributed by atoms with E-state index in [0.717, 1.165) is 23.4 Å². The Hall–Kier alpha value is -2.35. The summed E-state index contributed by atoms with van der Waals surface area (Å²) in [6, 6.07) is 18.4. The normalized spacial score (nSPS) is 12.1. The van der Waals surface area contributed by atoms with Crippen molar-refractivity contribution in [3.63, 3.8) is 0 Å². The summed E-state index contributed by atoms with van der Waals surface area (Å²) in [7, 11) is 0. The number of aliphatic imine (C=N–C) groups is 1. The SMILES string of the molecule is CC(=NCc1ccccc1)c1cccc(O/C=C\CC(C)C)c1. The molecule has 0 radical (unpaired) electrons. The van der Waals surface area contributed by atoms with Crippen molar-refractivity contribution in [3.05, 3.63) is 78.1 Å². The molecule has 0 saturated carbocycles. The van der Waals surface area contributed by atoms with Gasteiger partial charge in [-0.1, -0.05) is 56.3 Å². The summed E-state index contributed by atoms with van der Waals surface area (Å²) in [6.07, 6.45) is 4.86. The highest BCUT2D eigenvalue weighted by atomic mass is 16.5. The van der Waals surface area contributed by atoms with Crippen LogP contribution in [0.1, 0.15) is 38.3 Å². The zero-order chi connectivity index (χ0) is 16.5. The lowest BCUT2D eigenvalue weighted by molar-refractivity contribution is 0.475. The fourth-order valence-corrected chi connectivity index (χ4v) is 2.13. The summed E-state index contributed by atoms with van der Waals surface area (Å²) in [5.41, 5.74) is 3.33. The Bertz CT molecular complexity index is 657. The van der Waals surface area contributed by atoms with Crippen molar-refractivity contribution in [2.24, 2.45) is 10.9 Å². The average molecular weight is 307 g/mol. The van der Waals surface area contributed by atoms with E-state index in [-0.39, 0.29) is 0 Å². The minimum absolute atomic E-state index is 0.647. The van der Waals surface area contributed by atoms with Crippen molar-refractivity contribution in [1.29, 1.82) is 0 Å². The number of allylic oxidation sites excluding steroid dienone is 1. The fourth-order valence-electron chi connectivity index (χ4n) is 2.13. The van der Waals surface area contributed by atoms with Gasteiger partial charge in [0.15, 0.2) is 0 Å². The number of rotatable bonds is 7. The maximum atomic E-state index is 5.67. The molecule has 23 heavy (non-hydrogen) atoms. The Kier molecular flexibility index (Phi) is 6.61. The summed E-state index contributed by atoms with van der Waals surface area (Å²) >= 11 is 0. The number of benzene rings is 2. The van der Waals surface area contributed by atoms with Gasteiger partial charge in [-0.05, 0) is 48.6 Å². The largest absolute Gasteiger partial charge is 0.465 e. The maximum absolute atomic E-state index is 5.67. The highest BCUT2D eigenvalue weighted by molar-refractivity contribution is 5.99. The van der Waals surface area contributed by atoms with Gasteiger partial charge in [-0.15, -0.1) is 0 Å². The Morgan fingerprint density at radius 1 is 1.09 bits per heavy atom. The molecule has 0 aromatic heterocycles. The predicted octanol–water partition coefficient (Wildman–Crippen LogP) is 5.63. The van der Waals surface area contributed by atoms with Crippen LogP contribution in [-0.2, 0) is 6.54 Å². The van der Waals surface area contributed by atoms with Gasteiger partial charge in [-0.3, -0.25) is 4.99 Å². The molecule has 0 heterocycles. The van der Waals surface area contributed by atoms with Crippen molar-refractivity contribution in [2.75, 3.05) is 0 Å². The summed E-state index contributed by atoms with van der Waals surface area (Å²) in [4.78, 5) is 4.67. The lowest BCUT2D eigenvalue weighted by Gasteiger charge is -2.05. The lowest BCUT2D eigenvalue weighted by atomic mass is 10.1. The number of hydrogen-bond donors (Lipinski definition) is 0. The third kappa shape index (κ3) is 6.11. The zero-order valence-corrected chi connectivity index (χ0v) is 14.2. The molecular weight excluding hydrogens is 282 g/mol. The molecular formula is C21H25NO. The summed E-state index contributed by atoms with van der Waals surface area (Å²) in [6.45, 7) is 7.12. The van der Waals surface area contributed by atoms with Crippen LogP contribution in [0, 0.1) is 5.92 Å².